The van der Waals surface area contributed by atoms with Gasteiger partial charge in [-0.3, -0.25) is 5.41 Å². The minimum absolute atomic E-state index is 0.244. The first-order chi connectivity index (χ1) is 5.31. The van der Waals surface area contributed by atoms with E-state index in [2.05, 4.69) is 10.4 Å². The lowest BCUT2D eigenvalue weighted by atomic mass is 10.6. The topological polar surface area (TPSA) is 74.3 Å². The first-order valence-corrected chi connectivity index (χ1v) is 4.59. The van der Waals surface area contributed by atoms with Gasteiger partial charge in [0, 0.05) is 11.6 Å². The Hall–Kier alpha value is -0.260. The maximum atomic E-state index is 7.20. The minimum Gasteiger partial charge on any atom is -0.315 e. The van der Waals surface area contributed by atoms with Gasteiger partial charge in [0.05, 0.1) is 0 Å². The normalized spacial score (nSPS) is 10.4. The summed E-state index contributed by atoms with van der Waals surface area (Å²) >= 11 is 6.78. The van der Waals surface area contributed by atoms with Gasteiger partial charge in [0.2, 0.25) is 0 Å². The van der Waals surface area contributed by atoms with Crippen LogP contribution in [0, 0.1) is 5.41 Å². The van der Waals surface area contributed by atoms with Crippen LogP contribution >= 0.6 is 23.4 Å². The fourth-order valence-corrected chi connectivity index (χ4v) is 1.26. The van der Waals surface area contributed by atoms with Gasteiger partial charge in [-0.25, -0.2) is 10.8 Å². The van der Waals surface area contributed by atoms with E-state index in [9.17, 15) is 0 Å². The molecule has 0 aliphatic rings. The molecule has 11 heavy (non-hydrogen) atoms. The Labute approximate surface area is 75.1 Å². The lowest BCUT2D eigenvalue weighted by Crippen LogP contribution is -2.19. The SMILES string of the molecule is N=C(N=CNN)SCCCCl. The van der Waals surface area contributed by atoms with Gasteiger partial charge in [-0.1, -0.05) is 11.8 Å². The number of halogens is 1. The lowest BCUT2D eigenvalue weighted by molar-refractivity contribution is 1.06. The van der Waals surface area contributed by atoms with Crippen LogP contribution in [0.5, 0.6) is 0 Å². The predicted molar refractivity (Wildman–Crippen MR) is 51.3 cm³/mol. The van der Waals surface area contributed by atoms with Crippen LogP contribution in [0.25, 0.3) is 0 Å². The molecule has 0 heterocycles. The summed E-state index contributed by atoms with van der Waals surface area (Å²) in [6.07, 6.45) is 2.16. The highest BCUT2D eigenvalue weighted by Crippen LogP contribution is 2.05. The summed E-state index contributed by atoms with van der Waals surface area (Å²) in [5.41, 5.74) is 2.22. The van der Waals surface area contributed by atoms with Gasteiger partial charge in [0.25, 0.3) is 0 Å². The van der Waals surface area contributed by atoms with E-state index >= 15 is 0 Å². The van der Waals surface area contributed by atoms with Gasteiger partial charge in [-0.05, 0) is 6.42 Å². The molecule has 0 rings (SSSR count). The van der Waals surface area contributed by atoms with Gasteiger partial charge in [0.15, 0.2) is 5.17 Å². The van der Waals surface area contributed by atoms with Crippen molar-refractivity contribution in [2.75, 3.05) is 11.6 Å². The highest BCUT2D eigenvalue weighted by molar-refractivity contribution is 8.13. The summed E-state index contributed by atoms with van der Waals surface area (Å²) < 4.78 is 0. The van der Waals surface area contributed by atoms with E-state index in [0.717, 1.165) is 12.2 Å². The molecule has 4 N–H and O–H groups in total. The Morgan fingerprint density at radius 2 is 2.55 bits per heavy atom. The Balaban J connectivity index is 3.30. The Kier molecular flexibility index (Phi) is 7.66. The number of aliphatic imine (C=N–C) groups is 1. The predicted octanol–water partition coefficient (Wildman–Crippen LogP) is 0.775. The third-order valence-electron chi connectivity index (χ3n) is 0.773. The first-order valence-electron chi connectivity index (χ1n) is 3.07. The molecule has 4 nitrogen and oxygen atoms in total. The van der Waals surface area contributed by atoms with E-state index in [1.165, 1.54) is 18.1 Å². The summed E-state index contributed by atoms with van der Waals surface area (Å²) in [5.74, 6) is 6.35. The van der Waals surface area contributed by atoms with Gasteiger partial charge in [-0.2, -0.15) is 0 Å². The fraction of sp³-hybridized carbons (Fsp3) is 0.600. The molecule has 0 radical (unpaired) electrons. The number of nitrogens with one attached hydrogen (secondary N) is 2. The zero-order valence-corrected chi connectivity index (χ0v) is 7.58. The van der Waals surface area contributed by atoms with Crippen LogP contribution in [0.3, 0.4) is 0 Å². The molecule has 0 saturated heterocycles. The summed E-state index contributed by atoms with van der Waals surface area (Å²) in [7, 11) is 0. The number of hydrazine groups is 1. The molecule has 0 bridgehead atoms. The molecule has 0 aromatic carbocycles. The molecule has 0 aromatic rings. The maximum absolute atomic E-state index is 7.20. The summed E-state index contributed by atoms with van der Waals surface area (Å²) in [4.78, 5) is 3.66. The molecular formula is C5H11ClN4S. The van der Waals surface area contributed by atoms with Crippen molar-refractivity contribution < 1.29 is 0 Å². The van der Waals surface area contributed by atoms with E-state index in [4.69, 9.17) is 22.9 Å². The van der Waals surface area contributed by atoms with Gasteiger partial charge >= 0.3 is 0 Å². The number of nitrogens with zero attached hydrogens (tertiary/aromatic N) is 1. The van der Waals surface area contributed by atoms with Crippen molar-refractivity contribution in [1.29, 1.82) is 5.41 Å². The number of hydrogen-bond acceptors (Lipinski definition) is 3. The number of alkyl halides is 1. The molecule has 0 amide bonds. The van der Waals surface area contributed by atoms with Gasteiger partial charge < -0.3 is 5.43 Å². The number of thioether (sulfide) groups is 1. The molecule has 0 saturated carbocycles. The van der Waals surface area contributed by atoms with E-state index in [0.29, 0.717) is 5.88 Å². The zero-order chi connectivity index (χ0) is 8.53. The van der Waals surface area contributed by atoms with Crippen LogP contribution in [-0.4, -0.2) is 23.1 Å². The molecule has 0 spiro atoms. The highest BCUT2D eigenvalue weighted by atomic mass is 35.5. The molecule has 0 aliphatic heterocycles. The van der Waals surface area contributed by atoms with Gasteiger partial charge in [0.1, 0.15) is 6.34 Å². The minimum atomic E-state index is 0.244. The van der Waals surface area contributed by atoms with Crippen LogP contribution < -0.4 is 11.3 Å². The molecular weight excluding hydrogens is 184 g/mol. The average Bonchev–Trinajstić information content (AvgIpc) is 2.01. The third kappa shape index (κ3) is 7.64. The Bertz CT molecular complexity index is 138. The van der Waals surface area contributed by atoms with Crippen LogP contribution in [-0.2, 0) is 0 Å². The molecule has 64 valence electrons. The van der Waals surface area contributed by atoms with Crippen molar-refractivity contribution in [3.05, 3.63) is 0 Å². The second-order valence-electron chi connectivity index (χ2n) is 1.62. The highest BCUT2D eigenvalue weighted by Gasteiger charge is 1.92. The fourth-order valence-electron chi connectivity index (χ4n) is 0.357. The van der Waals surface area contributed by atoms with Crippen molar-refractivity contribution in [3.8, 4) is 0 Å². The Morgan fingerprint density at radius 3 is 3.09 bits per heavy atom. The number of rotatable bonds is 4. The van der Waals surface area contributed by atoms with Crippen molar-refractivity contribution >= 4 is 34.9 Å². The molecule has 0 fully saturated rings. The van der Waals surface area contributed by atoms with E-state index in [-0.39, 0.29) is 5.17 Å². The van der Waals surface area contributed by atoms with Gasteiger partial charge in [-0.15, -0.1) is 11.6 Å². The summed E-state index contributed by atoms with van der Waals surface area (Å²) in [5, 5.41) is 7.44. The lowest BCUT2D eigenvalue weighted by Gasteiger charge is -1.94. The van der Waals surface area contributed by atoms with Crippen LogP contribution in [0.2, 0.25) is 0 Å². The second-order valence-corrected chi connectivity index (χ2v) is 3.08. The largest absolute Gasteiger partial charge is 0.315 e. The smallest absolute Gasteiger partial charge is 0.181 e. The van der Waals surface area contributed by atoms with Crippen molar-refractivity contribution in [1.82, 2.24) is 5.43 Å². The maximum Gasteiger partial charge on any atom is 0.181 e. The van der Waals surface area contributed by atoms with Crippen molar-refractivity contribution in [3.63, 3.8) is 0 Å². The first kappa shape index (κ1) is 10.7. The van der Waals surface area contributed by atoms with Crippen LogP contribution in [0.4, 0.5) is 0 Å². The average molecular weight is 195 g/mol. The zero-order valence-electron chi connectivity index (χ0n) is 6.01. The standard InChI is InChI=1S/C5H11ClN4S/c6-2-1-3-11-5(7)9-4-10-8/h4H,1-3,8H2,(H2,7,9,10). The molecule has 0 unspecified atom stereocenters. The number of amidine groups is 1. The molecule has 6 heteroatoms. The summed E-state index contributed by atoms with van der Waals surface area (Å²) in [6, 6.07) is 0. The monoisotopic (exact) mass is 194 g/mol. The molecule has 0 atom stereocenters. The number of hydrogen-bond donors (Lipinski definition) is 3. The van der Waals surface area contributed by atoms with E-state index < -0.39 is 0 Å². The molecule has 0 aliphatic carbocycles. The third-order valence-corrected chi connectivity index (χ3v) is 1.91. The quantitative estimate of drug-likeness (QED) is 0.155. The van der Waals surface area contributed by atoms with Crippen molar-refractivity contribution in [2.24, 2.45) is 10.8 Å². The summed E-state index contributed by atoms with van der Waals surface area (Å²) in [6.45, 7) is 0. The molecule has 0 aromatic heterocycles. The van der Waals surface area contributed by atoms with Crippen LogP contribution in [0.15, 0.2) is 4.99 Å². The van der Waals surface area contributed by atoms with Crippen LogP contribution in [0.1, 0.15) is 6.42 Å². The van der Waals surface area contributed by atoms with E-state index in [1.54, 1.807) is 0 Å². The van der Waals surface area contributed by atoms with E-state index in [1.807, 2.05) is 0 Å². The second kappa shape index (κ2) is 7.84. The Morgan fingerprint density at radius 1 is 1.82 bits per heavy atom. The number of nitrogens with two attached hydrogens (primary N) is 1. The van der Waals surface area contributed by atoms with Crippen molar-refractivity contribution in [2.45, 2.75) is 6.42 Å².